The highest BCUT2D eigenvalue weighted by Crippen LogP contribution is 2.29. The summed E-state index contributed by atoms with van der Waals surface area (Å²) in [6.07, 6.45) is 0.172. The monoisotopic (exact) mass is 410 g/mol. The summed E-state index contributed by atoms with van der Waals surface area (Å²) in [7, 11) is 0. The molecule has 1 atom stereocenters. The molecule has 2 aromatic carbocycles. The minimum absolute atomic E-state index is 0.0854. The van der Waals surface area contributed by atoms with Crippen molar-refractivity contribution in [2.75, 3.05) is 4.90 Å². The summed E-state index contributed by atoms with van der Waals surface area (Å²) in [6, 6.07) is 12.1. The third kappa shape index (κ3) is 4.93. The minimum Gasteiger partial charge on any atom is -0.326 e. The van der Waals surface area contributed by atoms with Crippen LogP contribution in [0.2, 0.25) is 0 Å². The van der Waals surface area contributed by atoms with Crippen molar-refractivity contribution in [1.82, 2.24) is 4.90 Å². The van der Waals surface area contributed by atoms with Gasteiger partial charge in [0, 0.05) is 13.0 Å². The Bertz CT molecular complexity index is 946. The largest absolute Gasteiger partial charge is 0.326 e. The van der Waals surface area contributed by atoms with Crippen molar-refractivity contribution in [3.05, 3.63) is 65.5 Å². The minimum atomic E-state index is -0.876. The number of hydrogen-bond donors (Lipinski definition) is 0. The molecule has 1 aliphatic rings. The third-order valence-electron chi connectivity index (χ3n) is 5.06. The number of rotatable bonds is 5. The van der Waals surface area contributed by atoms with E-state index in [1.165, 1.54) is 29.2 Å². The van der Waals surface area contributed by atoms with Crippen molar-refractivity contribution in [1.29, 1.82) is 0 Å². The van der Waals surface area contributed by atoms with E-state index in [4.69, 9.17) is 0 Å². The first kappa shape index (κ1) is 21.7. The maximum Gasteiger partial charge on any atom is 0.257 e. The maximum atomic E-state index is 13.3. The Morgan fingerprint density at radius 1 is 1.07 bits per heavy atom. The molecular weight excluding hydrogens is 383 g/mol. The zero-order valence-electron chi connectivity index (χ0n) is 17.8. The average molecular weight is 410 g/mol. The van der Waals surface area contributed by atoms with E-state index in [-0.39, 0.29) is 30.7 Å². The van der Waals surface area contributed by atoms with Gasteiger partial charge in [-0.05, 0) is 42.2 Å². The van der Waals surface area contributed by atoms with Gasteiger partial charge in [0.25, 0.3) is 5.91 Å². The molecule has 1 heterocycles. The number of carbonyl (C=O) groups excluding carboxylic acids is 3. The molecule has 0 radical (unpaired) electrons. The van der Waals surface area contributed by atoms with Crippen LogP contribution in [0.3, 0.4) is 0 Å². The van der Waals surface area contributed by atoms with Gasteiger partial charge >= 0.3 is 0 Å². The summed E-state index contributed by atoms with van der Waals surface area (Å²) in [5.74, 6) is -1.47. The highest BCUT2D eigenvalue weighted by Gasteiger charge is 2.44. The standard InChI is InChI=1S/C24H27FN2O3/c1-16-5-7-17(8-6-16)15-26(22(29)14-24(2,3)4)20-13-21(28)27(23(20)30)19-11-9-18(25)10-12-19/h5-12,20H,13-15H2,1-4H3. The van der Waals surface area contributed by atoms with Crippen LogP contribution in [0.15, 0.2) is 48.5 Å². The summed E-state index contributed by atoms with van der Waals surface area (Å²) in [5.41, 5.74) is 2.04. The molecule has 0 spiro atoms. The number of imide groups is 1. The molecule has 6 heteroatoms. The first-order valence-electron chi connectivity index (χ1n) is 10.0. The predicted octanol–water partition coefficient (Wildman–Crippen LogP) is 4.23. The summed E-state index contributed by atoms with van der Waals surface area (Å²) in [4.78, 5) is 41.6. The summed E-state index contributed by atoms with van der Waals surface area (Å²) < 4.78 is 13.3. The summed E-state index contributed by atoms with van der Waals surface area (Å²) in [6.45, 7) is 8.10. The molecule has 0 bridgehead atoms. The van der Waals surface area contributed by atoms with Crippen molar-refractivity contribution in [2.45, 2.75) is 53.1 Å². The normalized spacial score (nSPS) is 16.8. The predicted molar refractivity (Wildman–Crippen MR) is 113 cm³/mol. The zero-order chi connectivity index (χ0) is 22.1. The number of nitrogens with zero attached hydrogens (tertiary/aromatic N) is 2. The van der Waals surface area contributed by atoms with Gasteiger partial charge in [-0.1, -0.05) is 50.6 Å². The van der Waals surface area contributed by atoms with Gasteiger partial charge in [0.15, 0.2) is 0 Å². The molecule has 1 saturated heterocycles. The summed E-state index contributed by atoms with van der Waals surface area (Å²) >= 11 is 0. The highest BCUT2D eigenvalue weighted by molar-refractivity contribution is 6.23. The molecule has 0 N–H and O–H groups in total. The van der Waals surface area contributed by atoms with E-state index in [9.17, 15) is 18.8 Å². The van der Waals surface area contributed by atoms with Crippen LogP contribution in [0.25, 0.3) is 0 Å². The second-order valence-electron chi connectivity index (χ2n) is 9.01. The highest BCUT2D eigenvalue weighted by atomic mass is 19.1. The number of anilines is 1. The van der Waals surface area contributed by atoms with Crippen LogP contribution in [0.1, 0.15) is 44.7 Å². The fourth-order valence-electron chi connectivity index (χ4n) is 3.54. The Kier molecular flexibility index (Phi) is 6.06. The number of benzene rings is 2. The Morgan fingerprint density at radius 3 is 2.23 bits per heavy atom. The van der Waals surface area contributed by atoms with Gasteiger partial charge in [-0.3, -0.25) is 14.4 Å². The van der Waals surface area contributed by atoms with Gasteiger partial charge in [0.1, 0.15) is 11.9 Å². The van der Waals surface area contributed by atoms with Crippen LogP contribution in [0.4, 0.5) is 10.1 Å². The zero-order valence-corrected chi connectivity index (χ0v) is 17.8. The van der Waals surface area contributed by atoms with Crippen LogP contribution in [0.5, 0.6) is 0 Å². The molecule has 2 aromatic rings. The van der Waals surface area contributed by atoms with Gasteiger partial charge in [-0.2, -0.15) is 0 Å². The van der Waals surface area contributed by atoms with Crippen LogP contribution in [-0.2, 0) is 20.9 Å². The van der Waals surface area contributed by atoms with Crippen molar-refractivity contribution in [3.63, 3.8) is 0 Å². The number of aryl methyl sites for hydroxylation is 1. The number of amides is 3. The van der Waals surface area contributed by atoms with Gasteiger partial charge in [0.2, 0.25) is 11.8 Å². The fourth-order valence-corrected chi connectivity index (χ4v) is 3.54. The Morgan fingerprint density at radius 2 is 1.67 bits per heavy atom. The van der Waals surface area contributed by atoms with Crippen LogP contribution < -0.4 is 4.90 Å². The van der Waals surface area contributed by atoms with Gasteiger partial charge in [-0.25, -0.2) is 9.29 Å². The summed E-state index contributed by atoms with van der Waals surface area (Å²) in [5, 5.41) is 0. The molecule has 1 aliphatic heterocycles. The molecule has 3 rings (SSSR count). The second-order valence-corrected chi connectivity index (χ2v) is 9.01. The SMILES string of the molecule is Cc1ccc(CN(C(=O)CC(C)(C)C)C2CC(=O)N(c3ccc(F)cc3)C2=O)cc1. The topological polar surface area (TPSA) is 57.7 Å². The van der Waals surface area contributed by atoms with E-state index in [1.54, 1.807) is 0 Å². The molecule has 3 amide bonds. The molecule has 0 aromatic heterocycles. The quantitative estimate of drug-likeness (QED) is 0.693. The maximum absolute atomic E-state index is 13.3. The van der Waals surface area contributed by atoms with Crippen LogP contribution in [0, 0.1) is 18.2 Å². The molecule has 158 valence electrons. The Hall–Kier alpha value is -3.02. The smallest absolute Gasteiger partial charge is 0.257 e. The lowest BCUT2D eigenvalue weighted by atomic mass is 9.91. The van der Waals surface area contributed by atoms with E-state index in [2.05, 4.69) is 0 Å². The number of halogens is 1. The van der Waals surface area contributed by atoms with Crippen molar-refractivity contribution < 1.29 is 18.8 Å². The Balaban J connectivity index is 1.90. The van der Waals surface area contributed by atoms with Crippen molar-refractivity contribution >= 4 is 23.4 Å². The van der Waals surface area contributed by atoms with Crippen molar-refractivity contribution in [2.24, 2.45) is 5.41 Å². The molecule has 0 aliphatic carbocycles. The fraction of sp³-hybridized carbons (Fsp3) is 0.375. The molecule has 0 saturated carbocycles. The second kappa shape index (κ2) is 8.38. The van der Waals surface area contributed by atoms with Gasteiger partial charge < -0.3 is 4.90 Å². The van der Waals surface area contributed by atoms with Crippen LogP contribution >= 0.6 is 0 Å². The van der Waals surface area contributed by atoms with E-state index >= 15 is 0 Å². The van der Waals surface area contributed by atoms with Gasteiger partial charge in [-0.15, -0.1) is 0 Å². The number of carbonyl (C=O) groups is 3. The lowest BCUT2D eigenvalue weighted by Crippen LogP contribution is -2.46. The lowest BCUT2D eigenvalue weighted by molar-refractivity contribution is -0.140. The molecule has 1 fully saturated rings. The van der Waals surface area contributed by atoms with E-state index in [0.717, 1.165) is 16.0 Å². The molecule has 1 unspecified atom stereocenters. The first-order chi connectivity index (χ1) is 14.0. The van der Waals surface area contributed by atoms with Crippen molar-refractivity contribution in [3.8, 4) is 0 Å². The Labute approximate surface area is 176 Å². The van der Waals surface area contributed by atoms with Crippen LogP contribution in [-0.4, -0.2) is 28.7 Å². The van der Waals surface area contributed by atoms with E-state index in [0.29, 0.717) is 5.69 Å². The van der Waals surface area contributed by atoms with E-state index in [1.807, 2.05) is 52.0 Å². The van der Waals surface area contributed by atoms with Gasteiger partial charge in [0.05, 0.1) is 12.1 Å². The third-order valence-corrected chi connectivity index (χ3v) is 5.06. The first-order valence-corrected chi connectivity index (χ1v) is 10.0. The average Bonchev–Trinajstić information content (AvgIpc) is 2.94. The van der Waals surface area contributed by atoms with E-state index < -0.39 is 23.7 Å². The number of hydrogen-bond acceptors (Lipinski definition) is 3. The molecule has 5 nitrogen and oxygen atoms in total. The lowest BCUT2D eigenvalue weighted by Gasteiger charge is -2.30. The molecule has 30 heavy (non-hydrogen) atoms. The molecular formula is C24H27FN2O3.